The van der Waals surface area contributed by atoms with Crippen LogP contribution >= 0.6 is 15.9 Å². The molecule has 0 bridgehead atoms. The van der Waals surface area contributed by atoms with Gasteiger partial charge in [0.1, 0.15) is 0 Å². The van der Waals surface area contributed by atoms with Gasteiger partial charge < -0.3 is 5.32 Å². The van der Waals surface area contributed by atoms with Gasteiger partial charge in [0.2, 0.25) is 5.91 Å². The maximum atomic E-state index is 11.7. The molecule has 0 aromatic heterocycles. The number of carbonyl (C=O) groups is 1. The van der Waals surface area contributed by atoms with E-state index in [2.05, 4.69) is 40.3 Å². The smallest absolute Gasteiger partial charge is 0.224 e. The van der Waals surface area contributed by atoms with Crippen LogP contribution in [0.25, 0.3) is 0 Å². The number of hydrogen-bond donors (Lipinski definition) is 1. The van der Waals surface area contributed by atoms with Gasteiger partial charge in [-0.2, -0.15) is 0 Å². The van der Waals surface area contributed by atoms with Gasteiger partial charge in [0.05, 0.1) is 0 Å². The number of alkyl halides is 1. The summed E-state index contributed by atoms with van der Waals surface area (Å²) in [7, 11) is 0. The third-order valence-electron chi connectivity index (χ3n) is 3.09. The van der Waals surface area contributed by atoms with Gasteiger partial charge in [0.15, 0.2) is 0 Å². The van der Waals surface area contributed by atoms with Crippen molar-refractivity contribution < 1.29 is 4.79 Å². The number of carbonyl (C=O) groups excluding carboxylic acids is 1. The highest BCUT2D eigenvalue weighted by Crippen LogP contribution is 2.13. The van der Waals surface area contributed by atoms with Crippen LogP contribution in [-0.2, 0) is 11.2 Å². The van der Waals surface area contributed by atoms with E-state index >= 15 is 0 Å². The molecule has 0 aliphatic carbocycles. The lowest BCUT2D eigenvalue weighted by Gasteiger charge is -2.06. The molecule has 0 aliphatic rings. The zero-order chi connectivity index (χ0) is 13.9. The fourth-order valence-electron chi connectivity index (χ4n) is 1.94. The predicted molar refractivity (Wildman–Crippen MR) is 85.9 cm³/mol. The zero-order valence-electron chi connectivity index (χ0n) is 11.8. The zero-order valence-corrected chi connectivity index (χ0v) is 13.3. The molecule has 0 spiro atoms. The van der Waals surface area contributed by atoms with Gasteiger partial charge in [0, 0.05) is 17.4 Å². The quantitative estimate of drug-likeness (QED) is 0.506. The van der Waals surface area contributed by atoms with Crippen LogP contribution < -0.4 is 5.32 Å². The van der Waals surface area contributed by atoms with Crippen LogP contribution in [0.5, 0.6) is 0 Å². The first-order chi connectivity index (χ1) is 9.26. The molecule has 0 heterocycles. The van der Waals surface area contributed by atoms with Gasteiger partial charge in [-0.15, -0.1) is 0 Å². The monoisotopic (exact) mass is 325 g/mol. The number of unbranched alkanes of at least 4 members (excludes halogenated alkanes) is 3. The number of halogens is 1. The van der Waals surface area contributed by atoms with Crippen LogP contribution in [0, 0.1) is 0 Å². The second-order valence-corrected chi connectivity index (χ2v) is 5.64. The summed E-state index contributed by atoms with van der Waals surface area (Å²) >= 11 is 3.37. The lowest BCUT2D eigenvalue weighted by Crippen LogP contribution is -2.11. The molecule has 0 saturated heterocycles. The molecule has 1 aromatic carbocycles. The maximum Gasteiger partial charge on any atom is 0.224 e. The van der Waals surface area contributed by atoms with Crippen LogP contribution in [0.4, 0.5) is 5.69 Å². The predicted octanol–water partition coefficient (Wildman–Crippen LogP) is 4.92. The number of rotatable bonds is 9. The second kappa shape index (κ2) is 10.0. The normalized spacial score (nSPS) is 10.4. The van der Waals surface area contributed by atoms with E-state index in [1.165, 1.54) is 24.8 Å². The largest absolute Gasteiger partial charge is 0.326 e. The van der Waals surface area contributed by atoms with E-state index < -0.39 is 0 Å². The highest BCUT2D eigenvalue weighted by atomic mass is 79.9. The summed E-state index contributed by atoms with van der Waals surface area (Å²) in [5, 5.41) is 3.91. The Kier molecular flexibility index (Phi) is 8.55. The molecule has 1 aromatic rings. The SMILES string of the molecule is CCCCCc1ccc(NC(=O)CCCCBr)cc1. The Balaban J connectivity index is 2.32. The van der Waals surface area contributed by atoms with Crippen molar-refractivity contribution in [3.05, 3.63) is 29.8 Å². The van der Waals surface area contributed by atoms with E-state index in [0.717, 1.165) is 30.3 Å². The Bertz CT molecular complexity index is 362. The average molecular weight is 326 g/mol. The van der Waals surface area contributed by atoms with Crippen molar-refractivity contribution in [3.63, 3.8) is 0 Å². The van der Waals surface area contributed by atoms with Gasteiger partial charge in [-0.25, -0.2) is 0 Å². The van der Waals surface area contributed by atoms with E-state index in [-0.39, 0.29) is 5.91 Å². The minimum Gasteiger partial charge on any atom is -0.326 e. The lowest BCUT2D eigenvalue weighted by atomic mass is 10.1. The number of aryl methyl sites for hydroxylation is 1. The standard InChI is InChI=1S/C16H24BrNO/c1-2-3-4-7-14-9-11-15(12-10-14)18-16(19)8-5-6-13-17/h9-12H,2-8,13H2,1H3,(H,18,19). The van der Waals surface area contributed by atoms with Crippen LogP contribution in [0.15, 0.2) is 24.3 Å². The number of amides is 1. The minimum absolute atomic E-state index is 0.111. The maximum absolute atomic E-state index is 11.7. The molecule has 2 nitrogen and oxygen atoms in total. The molecule has 106 valence electrons. The van der Waals surface area contributed by atoms with Crippen molar-refractivity contribution in [2.75, 3.05) is 10.6 Å². The lowest BCUT2D eigenvalue weighted by molar-refractivity contribution is -0.116. The third kappa shape index (κ3) is 7.36. The molecule has 1 amide bonds. The Hall–Kier alpha value is -0.830. The molecule has 0 radical (unpaired) electrons. The van der Waals surface area contributed by atoms with E-state index in [0.29, 0.717) is 6.42 Å². The summed E-state index contributed by atoms with van der Waals surface area (Å²) in [6.45, 7) is 2.22. The van der Waals surface area contributed by atoms with E-state index in [4.69, 9.17) is 0 Å². The summed E-state index contributed by atoms with van der Waals surface area (Å²) in [6, 6.07) is 8.24. The summed E-state index contributed by atoms with van der Waals surface area (Å²) in [6.07, 6.45) is 7.50. The van der Waals surface area contributed by atoms with Crippen molar-refractivity contribution in [3.8, 4) is 0 Å². The first-order valence-electron chi connectivity index (χ1n) is 7.21. The first kappa shape index (κ1) is 16.2. The molecular formula is C16H24BrNO. The Morgan fingerprint density at radius 3 is 2.47 bits per heavy atom. The number of nitrogens with one attached hydrogen (secondary N) is 1. The molecule has 0 unspecified atom stereocenters. The molecule has 0 atom stereocenters. The molecule has 0 aliphatic heterocycles. The Morgan fingerprint density at radius 2 is 1.84 bits per heavy atom. The highest BCUT2D eigenvalue weighted by molar-refractivity contribution is 9.09. The van der Waals surface area contributed by atoms with Crippen molar-refractivity contribution in [2.24, 2.45) is 0 Å². The van der Waals surface area contributed by atoms with Crippen LogP contribution in [0.1, 0.15) is 51.0 Å². The third-order valence-corrected chi connectivity index (χ3v) is 3.65. The molecule has 19 heavy (non-hydrogen) atoms. The molecule has 1 rings (SSSR count). The van der Waals surface area contributed by atoms with Gasteiger partial charge in [-0.3, -0.25) is 4.79 Å². The fraction of sp³-hybridized carbons (Fsp3) is 0.562. The Labute approximate surface area is 125 Å². The van der Waals surface area contributed by atoms with Gasteiger partial charge in [-0.05, 0) is 43.4 Å². The van der Waals surface area contributed by atoms with E-state index in [1.807, 2.05) is 12.1 Å². The molecule has 1 N–H and O–H groups in total. The van der Waals surface area contributed by atoms with Crippen molar-refractivity contribution >= 4 is 27.5 Å². The second-order valence-electron chi connectivity index (χ2n) is 4.85. The average Bonchev–Trinajstić information content (AvgIpc) is 2.41. The summed E-state index contributed by atoms with van der Waals surface area (Å²) in [5.74, 6) is 0.111. The van der Waals surface area contributed by atoms with Crippen molar-refractivity contribution in [1.29, 1.82) is 0 Å². The molecular weight excluding hydrogens is 302 g/mol. The number of anilines is 1. The topological polar surface area (TPSA) is 29.1 Å². The van der Waals surface area contributed by atoms with Gasteiger partial charge in [0.25, 0.3) is 0 Å². The van der Waals surface area contributed by atoms with Crippen LogP contribution in [-0.4, -0.2) is 11.2 Å². The van der Waals surface area contributed by atoms with Crippen LogP contribution in [0.2, 0.25) is 0 Å². The first-order valence-corrected chi connectivity index (χ1v) is 8.33. The van der Waals surface area contributed by atoms with Crippen LogP contribution in [0.3, 0.4) is 0 Å². The minimum atomic E-state index is 0.111. The molecule has 0 fully saturated rings. The fourth-order valence-corrected chi connectivity index (χ4v) is 2.33. The van der Waals surface area contributed by atoms with Crippen molar-refractivity contribution in [2.45, 2.75) is 51.9 Å². The summed E-state index contributed by atoms with van der Waals surface area (Å²) in [4.78, 5) is 11.7. The summed E-state index contributed by atoms with van der Waals surface area (Å²) < 4.78 is 0. The number of hydrogen-bond acceptors (Lipinski definition) is 1. The number of benzene rings is 1. The highest BCUT2D eigenvalue weighted by Gasteiger charge is 2.02. The van der Waals surface area contributed by atoms with Crippen molar-refractivity contribution in [1.82, 2.24) is 0 Å². The summed E-state index contributed by atoms with van der Waals surface area (Å²) in [5.41, 5.74) is 2.26. The van der Waals surface area contributed by atoms with E-state index in [9.17, 15) is 4.79 Å². The van der Waals surface area contributed by atoms with E-state index in [1.54, 1.807) is 0 Å². The molecule has 0 saturated carbocycles. The Morgan fingerprint density at radius 1 is 1.11 bits per heavy atom. The van der Waals surface area contributed by atoms with Gasteiger partial charge >= 0.3 is 0 Å². The molecule has 3 heteroatoms. The van der Waals surface area contributed by atoms with Gasteiger partial charge in [-0.1, -0.05) is 47.8 Å².